The Labute approximate surface area is 93.5 Å². The summed E-state index contributed by atoms with van der Waals surface area (Å²) < 4.78 is 5.61. The van der Waals surface area contributed by atoms with Gasteiger partial charge >= 0.3 is 0 Å². The Kier molecular flexibility index (Phi) is 10.3. The van der Waals surface area contributed by atoms with Crippen molar-refractivity contribution in [3.63, 3.8) is 0 Å². The average Bonchev–Trinajstić information content (AvgIpc) is 2.17. The first kappa shape index (κ1) is 14.9. The van der Waals surface area contributed by atoms with E-state index >= 15 is 0 Å². The monoisotopic (exact) mass is 218 g/mol. The van der Waals surface area contributed by atoms with Gasteiger partial charge in [0, 0.05) is 13.2 Å². The molecule has 0 saturated carbocycles. The Balaban J connectivity index is 3.13. The quantitative estimate of drug-likeness (QED) is 0.552. The van der Waals surface area contributed by atoms with E-state index in [2.05, 4.69) is 6.92 Å². The van der Waals surface area contributed by atoms with Crippen molar-refractivity contribution in [1.29, 1.82) is 0 Å². The van der Waals surface area contributed by atoms with Crippen LogP contribution in [0.5, 0.6) is 0 Å². The van der Waals surface area contributed by atoms with Crippen LogP contribution in [-0.4, -0.2) is 35.6 Å². The summed E-state index contributed by atoms with van der Waals surface area (Å²) in [7, 11) is 0. The van der Waals surface area contributed by atoms with Crippen LogP contribution in [0.25, 0.3) is 0 Å². The maximum absolute atomic E-state index is 9.04. The second kappa shape index (κ2) is 10.4. The van der Waals surface area contributed by atoms with E-state index in [9.17, 15) is 0 Å². The lowest BCUT2D eigenvalue weighted by Crippen LogP contribution is -2.10. The minimum Gasteiger partial charge on any atom is -0.396 e. The lowest BCUT2D eigenvalue weighted by atomic mass is 10.1. The lowest BCUT2D eigenvalue weighted by Gasteiger charge is -2.12. The van der Waals surface area contributed by atoms with Crippen LogP contribution in [0.4, 0.5) is 0 Å². The molecule has 0 aliphatic rings. The molecular formula is C12H26O3. The van der Waals surface area contributed by atoms with Gasteiger partial charge in [-0.2, -0.15) is 0 Å². The molecule has 92 valence electrons. The van der Waals surface area contributed by atoms with E-state index < -0.39 is 0 Å². The molecule has 2 atom stereocenters. The number of hydrogen-bond donors (Lipinski definition) is 2. The first-order chi connectivity index (χ1) is 7.16. The van der Waals surface area contributed by atoms with Crippen molar-refractivity contribution >= 4 is 0 Å². The van der Waals surface area contributed by atoms with E-state index in [1.54, 1.807) is 0 Å². The fourth-order valence-electron chi connectivity index (χ4n) is 1.45. The summed E-state index contributed by atoms with van der Waals surface area (Å²) in [5, 5.41) is 17.7. The Morgan fingerprint density at radius 2 is 1.67 bits per heavy atom. The molecule has 0 radical (unpaired) electrons. The highest BCUT2D eigenvalue weighted by atomic mass is 16.5. The highest BCUT2D eigenvalue weighted by Gasteiger charge is 2.01. The number of rotatable bonds is 10. The van der Waals surface area contributed by atoms with Crippen molar-refractivity contribution < 1.29 is 14.9 Å². The molecule has 0 rings (SSSR count). The zero-order valence-corrected chi connectivity index (χ0v) is 10.1. The Bertz CT molecular complexity index is 126. The largest absolute Gasteiger partial charge is 0.396 e. The first-order valence-electron chi connectivity index (χ1n) is 6.07. The van der Waals surface area contributed by atoms with E-state index in [4.69, 9.17) is 14.9 Å². The molecular weight excluding hydrogens is 192 g/mol. The van der Waals surface area contributed by atoms with Gasteiger partial charge in [-0.1, -0.05) is 0 Å². The zero-order chi connectivity index (χ0) is 11.5. The van der Waals surface area contributed by atoms with E-state index in [1.807, 2.05) is 6.92 Å². The number of unbranched alkanes of at least 4 members (excludes halogenated alkanes) is 2. The molecule has 0 heterocycles. The summed E-state index contributed by atoms with van der Waals surface area (Å²) in [5.74, 6) is 0. The van der Waals surface area contributed by atoms with Gasteiger partial charge in [-0.25, -0.2) is 0 Å². The average molecular weight is 218 g/mol. The fourth-order valence-corrected chi connectivity index (χ4v) is 1.45. The van der Waals surface area contributed by atoms with Gasteiger partial charge in [0.2, 0.25) is 0 Å². The summed E-state index contributed by atoms with van der Waals surface area (Å²) in [6.07, 6.45) is 5.95. The van der Waals surface area contributed by atoms with Gasteiger partial charge in [0.15, 0.2) is 0 Å². The standard InChI is InChI=1S/C12H26O3/c1-11(14)7-4-6-10-15-12(2)8-3-5-9-13/h11-14H,3-10H2,1-2H3. The summed E-state index contributed by atoms with van der Waals surface area (Å²) in [6.45, 7) is 4.96. The molecule has 3 nitrogen and oxygen atoms in total. The third kappa shape index (κ3) is 11.8. The Hall–Kier alpha value is -0.120. The molecule has 15 heavy (non-hydrogen) atoms. The van der Waals surface area contributed by atoms with Crippen LogP contribution in [0.2, 0.25) is 0 Å². The second-order valence-corrected chi connectivity index (χ2v) is 4.25. The number of aliphatic hydroxyl groups excluding tert-OH is 2. The maximum Gasteiger partial charge on any atom is 0.0547 e. The fraction of sp³-hybridized carbons (Fsp3) is 1.00. The van der Waals surface area contributed by atoms with Crippen molar-refractivity contribution in [2.24, 2.45) is 0 Å². The molecule has 0 aromatic heterocycles. The van der Waals surface area contributed by atoms with Crippen LogP contribution in [0.3, 0.4) is 0 Å². The van der Waals surface area contributed by atoms with Gasteiger partial charge < -0.3 is 14.9 Å². The van der Waals surface area contributed by atoms with Gasteiger partial charge in [-0.3, -0.25) is 0 Å². The predicted octanol–water partition coefficient (Wildman–Crippen LogP) is 2.11. The molecule has 0 spiro atoms. The molecule has 3 heteroatoms. The SMILES string of the molecule is CC(O)CCCCOC(C)CCCCO. The number of aliphatic hydroxyl groups is 2. The van der Waals surface area contributed by atoms with Crippen LogP contribution in [0.15, 0.2) is 0 Å². The molecule has 2 unspecified atom stereocenters. The van der Waals surface area contributed by atoms with Crippen molar-refractivity contribution in [1.82, 2.24) is 0 Å². The maximum atomic E-state index is 9.04. The number of ether oxygens (including phenoxy) is 1. The summed E-state index contributed by atoms with van der Waals surface area (Å²) in [4.78, 5) is 0. The first-order valence-corrected chi connectivity index (χ1v) is 6.07. The summed E-state index contributed by atoms with van der Waals surface area (Å²) in [5.41, 5.74) is 0. The van der Waals surface area contributed by atoms with Crippen molar-refractivity contribution in [3.8, 4) is 0 Å². The van der Waals surface area contributed by atoms with Crippen molar-refractivity contribution in [2.75, 3.05) is 13.2 Å². The Morgan fingerprint density at radius 3 is 2.27 bits per heavy atom. The molecule has 0 fully saturated rings. The van der Waals surface area contributed by atoms with Gasteiger partial charge in [-0.05, 0) is 52.4 Å². The van der Waals surface area contributed by atoms with Crippen LogP contribution >= 0.6 is 0 Å². The predicted molar refractivity (Wildman–Crippen MR) is 61.9 cm³/mol. The molecule has 0 saturated heterocycles. The zero-order valence-electron chi connectivity index (χ0n) is 10.1. The van der Waals surface area contributed by atoms with E-state index in [1.165, 1.54) is 0 Å². The van der Waals surface area contributed by atoms with Gasteiger partial charge in [0.25, 0.3) is 0 Å². The summed E-state index contributed by atoms with van der Waals surface area (Å²) >= 11 is 0. The van der Waals surface area contributed by atoms with E-state index in [-0.39, 0.29) is 12.7 Å². The molecule has 0 aromatic rings. The van der Waals surface area contributed by atoms with Gasteiger partial charge in [0.1, 0.15) is 0 Å². The van der Waals surface area contributed by atoms with E-state index in [0.29, 0.717) is 6.10 Å². The smallest absolute Gasteiger partial charge is 0.0547 e. The molecule has 0 amide bonds. The van der Waals surface area contributed by atoms with Crippen LogP contribution < -0.4 is 0 Å². The van der Waals surface area contributed by atoms with Crippen LogP contribution in [0, 0.1) is 0 Å². The van der Waals surface area contributed by atoms with Crippen LogP contribution in [0.1, 0.15) is 52.4 Å². The highest BCUT2D eigenvalue weighted by Crippen LogP contribution is 2.06. The van der Waals surface area contributed by atoms with Crippen LogP contribution in [-0.2, 0) is 4.74 Å². The molecule has 0 bridgehead atoms. The number of hydrogen-bond acceptors (Lipinski definition) is 3. The molecule has 2 N–H and O–H groups in total. The van der Waals surface area contributed by atoms with Gasteiger partial charge in [0.05, 0.1) is 12.2 Å². The normalized spacial score (nSPS) is 15.2. The molecule has 0 aromatic carbocycles. The Morgan fingerprint density at radius 1 is 1.00 bits per heavy atom. The van der Waals surface area contributed by atoms with Gasteiger partial charge in [-0.15, -0.1) is 0 Å². The highest BCUT2D eigenvalue weighted by molar-refractivity contribution is 4.52. The third-order valence-electron chi connectivity index (χ3n) is 2.44. The topological polar surface area (TPSA) is 49.7 Å². The molecule has 0 aliphatic carbocycles. The third-order valence-corrected chi connectivity index (χ3v) is 2.44. The lowest BCUT2D eigenvalue weighted by molar-refractivity contribution is 0.0532. The summed E-state index contributed by atoms with van der Waals surface area (Å²) in [6, 6.07) is 0. The van der Waals surface area contributed by atoms with E-state index in [0.717, 1.165) is 45.1 Å². The molecule has 0 aliphatic heterocycles. The van der Waals surface area contributed by atoms with Crippen molar-refractivity contribution in [3.05, 3.63) is 0 Å². The minimum atomic E-state index is -0.188. The second-order valence-electron chi connectivity index (χ2n) is 4.25. The minimum absolute atomic E-state index is 0.188. The van der Waals surface area contributed by atoms with Crippen molar-refractivity contribution in [2.45, 2.75) is 64.6 Å².